The lowest BCUT2D eigenvalue weighted by atomic mass is 9.84. The first-order valence-corrected chi connectivity index (χ1v) is 8.32. The summed E-state index contributed by atoms with van der Waals surface area (Å²) in [7, 11) is 1.60. The minimum Gasteiger partial charge on any atom is -0.481 e. The van der Waals surface area contributed by atoms with Crippen LogP contribution in [0.5, 0.6) is 5.88 Å². The Bertz CT molecular complexity index is 505. The van der Waals surface area contributed by atoms with Gasteiger partial charge in [-0.1, -0.05) is 6.42 Å². The van der Waals surface area contributed by atoms with Crippen molar-refractivity contribution in [2.24, 2.45) is 5.92 Å². The van der Waals surface area contributed by atoms with Crippen molar-refractivity contribution in [1.29, 1.82) is 0 Å². The van der Waals surface area contributed by atoms with Crippen molar-refractivity contribution < 1.29 is 9.53 Å². The summed E-state index contributed by atoms with van der Waals surface area (Å²) < 4.78 is 5.11. The molecule has 0 saturated carbocycles. The largest absolute Gasteiger partial charge is 0.481 e. The Morgan fingerprint density at radius 1 is 1.35 bits per heavy atom. The average molecular weight is 291 g/mol. The summed E-state index contributed by atoms with van der Waals surface area (Å²) in [6.07, 6.45) is 7.69. The lowest BCUT2D eigenvalue weighted by Gasteiger charge is -2.38. The predicted molar refractivity (Wildman–Crippen MR) is 81.6 cm³/mol. The van der Waals surface area contributed by atoms with E-state index in [1.807, 2.05) is 13.0 Å². The first-order chi connectivity index (χ1) is 9.67. The first kappa shape index (κ1) is 13.9. The van der Waals surface area contributed by atoms with Gasteiger partial charge in [0.2, 0.25) is 5.88 Å². The molecule has 108 valence electrons. The standard InChI is InChI=1S/C16H21NO2S/c1-10-6-15(19-2)17-9-14(10)16(18)11-7-12-4-3-5-13(8-11)20-12/h6,9,11-13H,3-5,7-8H2,1-2H3. The SMILES string of the molecule is COc1cc(C)c(C(=O)C2CC3CCCC(C2)S3)cn1. The zero-order valence-electron chi connectivity index (χ0n) is 12.1. The fourth-order valence-electron chi connectivity index (χ4n) is 3.39. The van der Waals surface area contributed by atoms with Crippen molar-refractivity contribution in [1.82, 2.24) is 4.98 Å². The van der Waals surface area contributed by atoms with Crippen LogP contribution in [-0.2, 0) is 0 Å². The molecule has 4 heteroatoms. The molecular formula is C16H21NO2S. The zero-order chi connectivity index (χ0) is 14.1. The highest BCUT2D eigenvalue weighted by Crippen LogP contribution is 2.44. The van der Waals surface area contributed by atoms with Crippen LogP contribution in [0.3, 0.4) is 0 Å². The van der Waals surface area contributed by atoms with Crippen molar-refractivity contribution in [2.45, 2.75) is 49.5 Å². The lowest BCUT2D eigenvalue weighted by molar-refractivity contribution is 0.0895. The van der Waals surface area contributed by atoms with E-state index < -0.39 is 0 Å². The zero-order valence-corrected chi connectivity index (χ0v) is 12.9. The van der Waals surface area contributed by atoms with Crippen LogP contribution in [0.15, 0.2) is 12.3 Å². The van der Waals surface area contributed by atoms with Crippen LogP contribution in [0.1, 0.15) is 48.0 Å². The maximum atomic E-state index is 12.8. The van der Waals surface area contributed by atoms with Gasteiger partial charge < -0.3 is 4.74 Å². The predicted octanol–water partition coefficient (Wildman–Crippen LogP) is 3.65. The molecular weight excluding hydrogens is 270 g/mol. The number of hydrogen-bond donors (Lipinski definition) is 0. The summed E-state index contributed by atoms with van der Waals surface area (Å²) in [5.74, 6) is 1.06. The number of thioether (sulfide) groups is 1. The Labute approximate surface area is 124 Å². The van der Waals surface area contributed by atoms with Crippen LogP contribution >= 0.6 is 11.8 Å². The van der Waals surface area contributed by atoms with E-state index >= 15 is 0 Å². The highest BCUT2D eigenvalue weighted by molar-refractivity contribution is 8.00. The first-order valence-electron chi connectivity index (χ1n) is 7.37. The molecule has 2 atom stereocenters. The molecule has 2 aliphatic heterocycles. The van der Waals surface area contributed by atoms with Crippen molar-refractivity contribution in [2.75, 3.05) is 7.11 Å². The fraction of sp³-hybridized carbons (Fsp3) is 0.625. The van der Waals surface area contributed by atoms with E-state index in [0.29, 0.717) is 16.4 Å². The second kappa shape index (κ2) is 5.76. The van der Waals surface area contributed by atoms with Gasteiger partial charge in [0.05, 0.1) is 7.11 Å². The Balaban J connectivity index is 1.78. The normalized spacial score (nSPS) is 29.0. The van der Waals surface area contributed by atoms with Crippen molar-refractivity contribution in [3.63, 3.8) is 0 Å². The van der Waals surface area contributed by atoms with Crippen LogP contribution in [0.4, 0.5) is 0 Å². The molecule has 2 aliphatic rings. The van der Waals surface area contributed by atoms with Gasteiger partial charge in [-0.15, -0.1) is 0 Å². The maximum Gasteiger partial charge on any atom is 0.213 e. The number of aromatic nitrogens is 1. The molecule has 3 rings (SSSR count). The molecule has 0 amide bonds. The monoisotopic (exact) mass is 291 g/mol. The van der Waals surface area contributed by atoms with Gasteiger partial charge in [0.15, 0.2) is 5.78 Å². The Hall–Kier alpha value is -1.03. The number of carbonyl (C=O) groups excluding carboxylic acids is 1. The molecule has 0 aromatic carbocycles. The van der Waals surface area contributed by atoms with Crippen LogP contribution in [-0.4, -0.2) is 28.4 Å². The van der Waals surface area contributed by atoms with Gasteiger partial charge in [-0.05, 0) is 38.2 Å². The summed E-state index contributed by atoms with van der Waals surface area (Å²) in [5, 5.41) is 1.39. The highest BCUT2D eigenvalue weighted by atomic mass is 32.2. The van der Waals surface area contributed by atoms with Crippen LogP contribution in [0.25, 0.3) is 0 Å². The van der Waals surface area contributed by atoms with Gasteiger partial charge in [0.1, 0.15) is 0 Å². The minimum absolute atomic E-state index is 0.195. The number of ketones is 1. The van der Waals surface area contributed by atoms with E-state index in [4.69, 9.17) is 4.74 Å². The molecule has 2 saturated heterocycles. The lowest BCUT2D eigenvalue weighted by Crippen LogP contribution is -2.33. The average Bonchev–Trinajstić information content (AvgIpc) is 2.46. The summed E-state index contributed by atoms with van der Waals surface area (Å²) in [6, 6.07) is 1.85. The third-order valence-electron chi connectivity index (χ3n) is 4.46. The van der Waals surface area contributed by atoms with E-state index in [1.54, 1.807) is 13.3 Å². The molecule has 3 heterocycles. The van der Waals surface area contributed by atoms with Gasteiger partial charge in [-0.25, -0.2) is 4.98 Å². The van der Waals surface area contributed by atoms with Gasteiger partial charge in [0, 0.05) is 34.2 Å². The van der Waals surface area contributed by atoms with Crippen LogP contribution < -0.4 is 4.74 Å². The molecule has 1 aromatic heterocycles. The topological polar surface area (TPSA) is 39.2 Å². The van der Waals surface area contributed by atoms with Crippen molar-refractivity contribution >= 4 is 17.5 Å². The molecule has 2 bridgehead atoms. The van der Waals surface area contributed by atoms with Gasteiger partial charge >= 0.3 is 0 Å². The maximum absolute atomic E-state index is 12.8. The Morgan fingerprint density at radius 3 is 2.65 bits per heavy atom. The summed E-state index contributed by atoms with van der Waals surface area (Å²) in [4.78, 5) is 17.0. The third-order valence-corrected chi connectivity index (χ3v) is 6.09. The van der Waals surface area contributed by atoms with Gasteiger partial charge in [0.25, 0.3) is 0 Å². The van der Waals surface area contributed by atoms with E-state index in [1.165, 1.54) is 19.3 Å². The molecule has 0 spiro atoms. The van der Waals surface area contributed by atoms with Gasteiger partial charge in [-0.3, -0.25) is 4.79 Å². The van der Waals surface area contributed by atoms with Crippen molar-refractivity contribution in [3.05, 3.63) is 23.4 Å². The number of aryl methyl sites for hydroxylation is 1. The molecule has 0 N–H and O–H groups in total. The van der Waals surface area contributed by atoms with Crippen molar-refractivity contribution in [3.8, 4) is 5.88 Å². The Kier molecular flexibility index (Phi) is 4.01. The molecule has 2 fully saturated rings. The number of rotatable bonds is 3. The number of nitrogens with zero attached hydrogens (tertiary/aromatic N) is 1. The molecule has 20 heavy (non-hydrogen) atoms. The molecule has 3 nitrogen and oxygen atoms in total. The summed E-state index contributed by atoms with van der Waals surface area (Å²) in [5.41, 5.74) is 1.76. The fourth-order valence-corrected chi connectivity index (χ4v) is 5.23. The summed E-state index contributed by atoms with van der Waals surface area (Å²) in [6.45, 7) is 1.97. The molecule has 0 aliphatic carbocycles. The number of ether oxygens (including phenoxy) is 1. The van der Waals surface area contributed by atoms with Gasteiger partial charge in [-0.2, -0.15) is 11.8 Å². The van der Waals surface area contributed by atoms with Crippen LogP contribution in [0.2, 0.25) is 0 Å². The number of fused-ring (bicyclic) bond motifs is 2. The molecule has 1 aromatic rings. The second-order valence-corrected chi connectivity index (χ2v) is 7.49. The van der Waals surface area contributed by atoms with E-state index in [-0.39, 0.29) is 11.7 Å². The van der Waals surface area contributed by atoms with E-state index in [9.17, 15) is 4.79 Å². The number of hydrogen-bond acceptors (Lipinski definition) is 4. The Morgan fingerprint density at radius 2 is 2.05 bits per heavy atom. The summed E-state index contributed by atoms with van der Waals surface area (Å²) >= 11 is 2.11. The number of methoxy groups -OCH3 is 1. The third kappa shape index (κ3) is 2.71. The minimum atomic E-state index is 0.195. The quantitative estimate of drug-likeness (QED) is 0.797. The van der Waals surface area contributed by atoms with E-state index in [2.05, 4.69) is 16.7 Å². The number of pyridine rings is 1. The number of carbonyl (C=O) groups is 1. The second-order valence-electron chi connectivity index (χ2n) is 5.89. The highest BCUT2D eigenvalue weighted by Gasteiger charge is 2.36. The molecule has 0 radical (unpaired) electrons. The number of Topliss-reactive ketones (excluding diaryl/α,β-unsaturated/α-hetero) is 1. The molecule has 2 unspecified atom stereocenters. The van der Waals surface area contributed by atoms with Crippen LogP contribution in [0, 0.1) is 12.8 Å². The van der Waals surface area contributed by atoms with E-state index in [0.717, 1.165) is 24.0 Å². The smallest absolute Gasteiger partial charge is 0.213 e.